The van der Waals surface area contributed by atoms with Crippen LogP contribution in [0.3, 0.4) is 0 Å². The van der Waals surface area contributed by atoms with Crippen LogP contribution < -0.4 is 5.43 Å². The van der Waals surface area contributed by atoms with Gasteiger partial charge in [0.2, 0.25) is 5.13 Å². The van der Waals surface area contributed by atoms with Gasteiger partial charge in [0, 0.05) is 16.0 Å². The Balaban J connectivity index is 1.75. The molecule has 0 aliphatic carbocycles. The quantitative estimate of drug-likeness (QED) is 0.398. The molecule has 3 aromatic rings. The summed E-state index contributed by atoms with van der Waals surface area (Å²) in [7, 11) is 0. The van der Waals surface area contributed by atoms with E-state index in [0.717, 1.165) is 22.5 Å². The monoisotopic (exact) mass is 395 g/mol. The van der Waals surface area contributed by atoms with Crippen LogP contribution in [0, 0.1) is 0 Å². The van der Waals surface area contributed by atoms with Crippen LogP contribution in [-0.2, 0) is 0 Å². The number of nitrogens with one attached hydrogen (secondary N) is 1. The molecular formula is C17H12Cl3N3S. The van der Waals surface area contributed by atoms with Crippen LogP contribution in [0.15, 0.2) is 52.9 Å². The summed E-state index contributed by atoms with van der Waals surface area (Å²) in [5, 5.41) is 8.73. The molecule has 3 rings (SSSR count). The molecule has 1 heterocycles. The lowest BCUT2D eigenvalue weighted by Crippen LogP contribution is -1.99. The van der Waals surface area contributed by atoms with Crippen LogP contribution in [0.1, 0.15) is 12.5 Å². The minimum Gasteiger partial charge on any atom is -0.252 e. The van der Waals surface area contributed by atoms with Crippen LogP contribution in [-0.4, -0.2) is 10.7 Å². The van der Waals surface area contributed by atoms with Crippen molar-refractivity contribution >= 4 is 57.0 Å². The van der Waals surface area contributed by atoms with E-state index in [9.17, 15) is 0 Å². The number of anilines is 1. The second-order valence-corrected chi connectivity index (χ2v) is 7.09. The highest BCUT2D eigenvalue weighted by atomic mass is 35.5. The topological polar surface area (TPSA) is 37.3 Å². The second-order valence-electron chi connectivity index (χ2n) is 4.98. The molecule has 2 aromatic carbocycles. The number of hydrogen-bond donors (Lipinski definition) is 1. The maximum atomic E-state index is 6.05. The third kappa shape index (κ3) is 4.08. The Labute approximate surface area is 158 Å². The molecule has 24 heavy (non-hydrogen) atoms. The molecule has 0 aliphatic heterocycles. The van der Waals surface area contributed by atoms with Crippen LogP contribution in [0.25, 0.3) is 11.3 Å². The molecule has 7 heteroatoms. The summed E-state index contributed by atoms with van der Waals surface area (Å²) in [6.07, 6.45) is 0. The van der Waals surface area contributed by atoms with Gasteiger partial charge in [-0.2, -0.15) is 5.10 Å². The molecule has 3 nitrogen and oxygen atoms in total. The maximum absolute atomic E-state index is 6.05. The Bertz CT molecular complexity index is 888. The Morgan fingerprint density at radius 2 is 1.79 bits per heavy atom. The van der Waals surface area contributed by atoms with Crippen molar-refractivity contribution in [3.8, 4) is 11.3 Å². The van der Waals surface area contributed by atoms with Gasteiger partial charge in [0.05, 0.1) is 21.5 Å². The van der Waals surface area contributed by atoms with Crippen LogP contribution in [0.5, 0.6) is 0 Å². The van der Waals surface area contributed by atoms with Crippen molar-refractivity contribution in [2.45, 2.75) is 6.92 Å². The summed E-state index contributed by atoms with van der Waals surface area (Å²) in [5.74, 6) is 0. The Morgan fingerprint density at radius 3 is 2.50 bits per heavy atom. The molecule has 0 aliphatic rings. The first kappa shape index (κ1) is 17.2. The van der Waals surface area contributed by atoms with Crippen molar-refractivity contribution in [3.05, 3.63) is 68.5 Å². The minimum absolute atomic E-state index is 0.508. The van der Waals surface area contributed by atoms with Crippen molar-refractivity contribution in [2.75, 3.05) is 5.43 Å². The van der Waals surface area contributed by atoms with Crippen LogP contribution in [0.2, 0.25) is 15.1 Å². The Hall–Kier alpha value is -1.59. The summed E-state index contributed by atoms with van der Waals surface area (Å²) in [4.78, 5) is 4.51. The lowest BCUT2D eigenvalue weighted by atomic mass is 10.1. The van der Waals surface area contributed by atoms with Crippen LogP contribution >= 0.6 is 46.1 Å². The van der Waals surface area contributed by atoms with Gasteiger partial charge in [-0.25, -0.2) is 4.98 Å². The fourth-order valence-corrected chi connectivity index (χ4v) is 3.09. The largest absolute Gasteiger partial charge is 0.252 e. The summed E-state index contributed by atoms with van der Waals surface area (Å²) >= 11 is 19.3. The summed E-state index contributed by atoms with van der Waals surface area (Å²) in [6, 6.07) is 13.0. The van der Waals surface area contributed by atoms with E-state index in [0.29, 0.717) is 20.2 Å². The minimum atomic E-state index is 0.508. The first-order chi connectivity index (χ1) is 11.5. The number of thiazole rings is 1. The van der Waals surface area contributed by atoms with Gasteiger partial charge in [0.25, 0.3) is 0 Å². The molecule has 0 saturated carbocycles. The highest BCUT2D eigenvalue weighted by molar-refractivity contribution is 7.14. The zero-order chi connectivity index (χ0) is 17.1. The fraction of sp³-hybridized carbons (Fsp3) is 0.0588. The van der Waals surface area contributed by atoms with Gasteiger partial charge in [0.15, 0.2) is 0 Å². The average molecular weight is 397 g/mol. The van der Waals surface area contributed by atoms with E-state index in [1.54, 1.807) is 12.1 Å². The number of nitrogens with zero attached hydrogens (tertiary/aromatic N) is 2. The van der Waals surface area contributed by atoms with Gasteiger partial charge in [-0.1, -0.05) is 53.0 Å². The van der Waals surface area contributed by atoms with Crippen molar-refractivity contribution in [2.24, 2.45) is 5.10 Å². The predicted molar refractivity (Wildman–Crippen MR) is 105 cm³/mol. The van der Waals surface area contributed by atoms with E-state index in [4.69, 9.17) is 34.8 Å². The van der Waals surface area contributed by atoms with Crippen molar-refractivity contribution in [1.29, 1.82) is 0 Å². The lowest BCUT2D eigenvalue weighted by molar-refractivity contribution is 1.27. The first-order valence-electron chi connectivity index (χ1n) is 7.00. The Morgan fingerprint density at radius 1 is 1.04 bits per heavy atom. The van der Waals surface area contributed by atoms with E-state index in [-0.39, 0.29) is 0 Å². The van der Waals surface area contributed by atoms with Gasteiger partial charge in [0.1, 0.15) is 0 Å². The van der Waals surface area contributed by atoms with Crippen molar-refractivity contribution < 1.29 is 0 Å². The molecule has 1 N–H and O–H groups in total. The molecular weight excluding hydrogens is 385 g/mol. The molecule has 0 amide bonds. The number of benzene rings is 2. The molecule has 0 bridgehead atoms. The van der Waals surface area contributed by atoms with E-state index < -0.39 is 0 Å². The smallest absolute Gasteiger partial charge is 0.203 e. The second kappa shape index (κ2) is 7.53. The zero-order valence-corrected chi connectivity index (χ0v) is 15.6. The van der Waals surface area contributed by atoms with E-state index in [1.807, 2.05) is 42.6 Å². The standard InChI is InChI=1S/C17H12Cl3N3S/c1-10(11-2-5-13(18)6-3-11)22-23-17-21-16(9-24-17)12-4-7-14(19)15(20)8-12/h2-9H,1H3,(H,21,23)/b22-10-. The number of hydrogen-bond acceptors (Lipinski definition) is 4. The van der Waals surface area contributed by atoms with Crippen LogP contribution in [0.4, 0.5) is 5.13 Å². The molecule has 0 atom stereocenters. The predicted octanol–water partition coefficient (Wildman–Crippen LogP) is 6.61. The summed E-state index contributed by atoms with van der Waals surface area (Å²) in [6.45, 7) is 1.92. The van der Waals surface area contributed by atoms with Gasteiger partial charge >= 0.3 is 0 Å². The molecule has 1 aromatic heterocycles. The highest BCUT2D eigenvalue weighted by Crippen LogP contribution is 2.30. The van der Waals surface area contributed by atoms with Crippen molar-refractivity contribution in [3.63, 3.8) is 0 Å². The van der Waals surface area contributed by atoms with Gasteiger partial charge in [-0.05, 0) is 36.8 Å². The van der Waals surface area contributed by atoms with E-state index in [1.165, 1.54) is 11.3 Å². The fourth-order valence-electron chi connectivity index (χ4n) is 2.00. The number of rotatable bonds is 4. The molecule has 122 valence electrons. The number of halogens is 3. The summed E-state index contributed by atoms with van der Waals surface area (Å²) < 4.78 is 0. The highest BCUT2D eigenvalue weighted by Gasteiger charge is 2.07. The van der Waals surface area contributed by atoms with Crippen molar-refractivity contribution in [1.82, 2.24) is 4.98 Å². The van der Waals surface area contributed by atoms with Gasteiger partial charge in [-0.3, -0.25) is 5.43 Å². The first-order valence-corrected chi connectivity index (χ1v) is 9.01. The third-order valence-corrected chi connectivity index (χ3v) is 5.04. The van der Waals surface area contributed by atoms with Gasteiger partial charge in [-0.15, -0.1) is 11.3 Å². The number of hydrazone groups is 1. The van der Waals surface area contributed by atoms with E-state index in [2.05, 4.69) is 15.5 Å². The number of aromatic nitrogens is 1. The molecule has 0 fully saturated rings. The molecule has 0 radical (unpaired) electrons. The Kier molecular flexibility index (Phi) is 5.41. The molecule has 0 spiro atoms. The summed E-state index contributed by atoms with van der Waals surface area (Å²) in [5.41, 5.74) is 6.55. The van der Waals surface area contributed by atoms with Gasteiger partial charge < -0.3 is 0 Å². The van der Waals surface area contributed by atoms with E-state index >= 15 is 0 Å². The third-order valence-electron chi connectivity index (χ3n) is 3.30. The SMILES string of the molecule is C/C(=N/Nc1nc(-c2ccc(Cl)c(Cl)c2)cs1)c1ccc(Cl)cc1. The normalized spacial score (nSPS) is 11.6. The molecule has 0 saturated heterocycles. The average Bonchev–Trinajstić information content (AvgIpc) is 3.05. The lowest BCUT2D eigenvalue weighted by Gasteiger charge is -2.02. The zero-order valence-electron chi connectivity index (χ0n) is 12.6. The molecule has 0 unspecified atom stereocenters. The maximum Gasteiger partial charge on any atom is 0.203 e.